The minimum atomic E-state index is -3.35. The standard InChI is InChI=1S/C9H15ClO3S/c10-14(11,12)9(4-5-9)3-1-8-2-6-13-7-8/h8H,1-7H2. The lowest BCUT2D eigenvalue weighted by atomic mass is 10.0. The van der Waals surface area contributed by atoms with Crippen molar-refractivity contribution in [2.45, 2.75) is 36.9 Å². The van der Waals surface area contributed by atoms with Crippen LogP contribution < -0.4 is 0 Å². The highest BCUT2D eigenvalue weighted by Crippen LogP contribution is 2.49. The van der Waals surface area contributed by atoms with Crippen molar-refractivity contribution in [3.63, 3.8) is 0 Å². The van der Waals surface area contributed by atoms with Crippen LogP contribution in [0.15, 0.2) is 0 Å². The molecule has 0 aromatic carbocycles. The van der Waals surface area contributed by atoms with Gasteiger partial charge in [0.1, 0.15) is 0 Å². The zero-order valence-corrected chi connectivity index (χ0v) is 9.61. The average molecular weight is 239 g/mol. The van der Waals surface area contributed by atoms with E-state index in [1.165, 1.54) is 0 Å². The minimum absolute atomic E-state index is 0.547. The van der Waals surface area contributed by atoms with Crippen LogP contribution in [0.25, 0.3) is 0 Å². The van der Waals surface area contributed by atoms with Gasteiger partial charge in [0.25, 0.3) is 0 Å². The second kappa shape index (κ2) is 3.65. The van der Waals surface area contributed by atoms with Crippen LogP contribution in [-0.2, 0) is 13.8 Å². The third-order valence-corrected chi connectivity index (χ3v) is 5.99. The lowest BCUT2D eigenvalue weighted by Gasteiger charge is -2.13. The molecule has 14 heavy (non-hydrogen) atoms. The van der Waals surface area contributed by atoms with Crippen LogP contribution >= 0.6 is 10.7 Å². The summed E-state index contributed by atoms with van der Waals surface area (Å²) in [6.45, 7) is 1.61. The summed E-state index contributed by atoms with van der Waals surface area (Å²) in [5.74, 6) is 0.547. The summed E-state index contributed by atoms with van der Waals surface area (Å²) in [4.78, 5) is 0. The monoisotopic (exact) mass is 238 g/mol. The molecule has 1 saturated carbocycles. The van der Waals surface area contributed by atoms with Crippen molar-refractivity contribution in [3.05, 3.63) is 0 Å². The molecule has 0 aromatic rings. The van der Waals surface area contributed by atoms with Gasteiger partial charge in [-0.2, -0.15) is 0 Å². The van der Waals surface area contributed by atoms with Gasteiger partial charge >= 0.3 is 0 Å². The molecule has 3 nitrogen and oxygen atoms in total. The van der Waals surface area contributed by atoms with E-state index in [-0.39, 0.29) is 0 Å². The molecule has 0 amide bonds. The summed E-state index contributed by atoms with van der Waals surface area (Å²) >= 11 is 0. The van der Waals surface area contributed by atoms with E-state index >= 15 is 0 Å². The van der Waals surface area contributed by atoms with Gasteiger partial charge in [-0.15, -0.1) is 0 Å². The Labute approximate surface area is 89.2 Å². The van der Waals surface area contributed by atoms with Crippen LogP contribution in [0.5, 0.6) is 0 Å². The van der Waals surface area contributed by atoms with Gasteiger partial charge in [-0.05, 0) is 38.0 Å². The molecule has 2 rings (SSSR count). The first kappa shape index (κ1) is 10.7. The van der Waals surface area contributed by atoms with Crippen molar-refractivity contribution in [1.82, 2.24) is 0 Å². The van der Waals surface area contributed by atoms with Gasteiger partial charge in [0.15, 0.2) is 0 Å². The van der Waals surface area contributed by atoms with E-state index in [1.807, 2.05) is 0 Å². The lowest BCUT2D eigenvalue weighted by molar-refractivity contribution is 0.183. The zero-order chi connectivity index (χ0) is 10.2. The molecule has 0 spiro atoms. The Morgan fingerprint density at radius 1 is 1.43 bits per heavy atom. The highest BCUT2D eigenvalue weighted by atomic mass is 35.7. The van der Waals surface area contributed by atoms with E-state index in [0.29, 0.717) is 12.3 Å². The smallest absolute Gasteiger partial charge is 0.238 e. The Morgan fingerprint density at radius 3 is 2.57 bits per heavy atom. The fraction of sp³-hybridized carbons (Fsp3) is 1.00. The molecule has 82 valence electrons. The molecule has 0 aromatic heterocycles. The van der Waals surface area contributed by atoms with Crippen LogP contribution in [0.1, 0.15) is 32.1 Å². The second-order valence-corrected chi connectivity index (χ2v) is 7.35. The molecule has 0 radical (unpaired) electrons. The van der Waals surface area contributed by atoms with Gasteiger partial charge in [-0.1, -0.05) is 0 Å². The quantitative estimate of drug-likeness (QED) is 0.703. The van der Waals surface area contributed by atoms with Gasteiger partial charge in [-0.3, -0.25) is 0 Å². The summed E-state index contributed by atoms with van der Waals surface area (Å²) < 4.78 is 27.2. The van der Waals surface area contributed by atoms with Crippen molar-refractivity contribution in [1.29, 1.82) is 0 Å². The molecule has 1 heterocycles. The van der Waals surface area contributed by atoms with Gasteiger partial charge in [0.05, 0.1) is 4.75 Å². The van der Waals surface area contributed by atoms with E-state index in [9.17, 15) is 8.42 Å². The predicted octanol–water partition coefficient (Wildman–Crippen LogP) is 1.90. The van der Waals surface area contributed by atoms with Crippen molar-refractivity contribution in [2.75, 3.05) is 13.2 Å². The SMILES string of the molecule is O=S(=O)(Cl)C1(CCC2CCOC2)CC1. The second-order valence-electron chi connectivity index (χ2n) is 4.39. The first-order chi connectivity index (χ1) is 6.54. The largest absolute Gasteiger partial charge is 0.381 e. The average Bonchev–Trinajstić information content (AvgIpc) is 2.72. The van der Waals surface area contributed by atoms with Crippen molar-refractivity contribution in [2.24, 2.45) is 5.92 Å². The lowest BCUT2D eigenvalue weighted by Crippen LogP contribution is -2.19. The number of hydrogen-bond acceptors (Lipinski definition) is 3. The normalized spacial score (nSPS) is 30.5. The van der Waals surface area contributed by atoms with Gasteiger partial charge in [0, 0.05) is 23.9 Å². The molecule has 0 bridgehead atoms. The summed E-state index contributed by atoms with van der Waals surface area (Å²) in [7, 11) is 2.06. The molecule has 2 fully saturated rings. The summed E-state index contributed by atoms with van der Waals surface area (Å²) in [5, 5.41) is 0. The molecular formula is C9H15ClO3S. The van der Waals surface area contributed by atoms with E-state index in [2.05, 4.69) is 0 Å². The Bertz CT molecular complexity index is 302. The van der Waals surface area contributed by atoms with Crippen molar-refractivity contribution < 1.29 is 13.2 Å². The molecule has 1 aliphatic heterocycles. The molecule has 0 N–H and O–H groups in total. The van der Waals surface area contributed by atoms with E-state index < -0.39 is 13.8 Å². The van der Waals surface area contributed by atoms with Crippen LogP contribution in [0, 0.1) is 5.92 Å². The fourth-order valence-corrected chi connectivity index (χ4v) is 3.68. The number of ether oxygens (including phenoxy) is 1. The maximum Gasteiger partial charge on any atom is 0.238 e. The Balaban J connectivity index is 1.86. The van der Waals surface area contributed by atoms with Crippen LogP contribution in [0.3, 0.4) is 0 Å². The van der Waals surface area contributed by atoms with E-state index in [0.717, 1.165) is 38.9 Å². The molecule has 1 saturated heterocycles. The van der Waals surface area contributed by atoms with Crippen molar-refractivity contribution >= 4 is 19.7 Å². The molecule has 1 unspecified atom stereocenters. The maximum absolute atomic E-state index is 11.3. The van der Waals surface area contributed by atoms with E-state index in [4.69, 9.17) is 15.4 Å². The zero-order valence-electron chi connectivity index (χ0n) is 8.04. The van der Waals surface area contributed by atoms with Crippen molar-refractivity contribution in [3.8, 4) is 0 Å². The third-order valence-electron chi connectivity index (χ3n) is 3.36. The molecule has 5 heteroatoms. The number of hydrogen-bond donors (Lipinski definition) is 0. The number of halogens is 1. The Morgan fingerprint density at radius 2 is 2.14 bits per heavy atom. The van der Waals surface area contributed by atoms with Gasteiger partial charge in [-0.25, -0.2) is 8.42 Å². The third kappa shape index (κ3) is 2.07. The highest BCUT2D eigenvalue weighted by molar-refractivity contribution is 8.15. The Kier molecular flexibility index (Phi) is 2.79. The molecular weight excluding hydrogens is 224 g/mol. The fourth-order valence-electron chi connectivity index (χ4n) is 2.03. The molecule has 2 aliphatic rings. The molecule has 1 atom stereocenters. The summed E-state index contributed by atoms with van der Waals surface area (Å²) in [6, 6.07) is 0. The van der Waals surface area contributed by atoms with Crippen LogP contribution in [0.2, 0.25) is 0 Å². The van der Waals surface area contributed by atoms with Gasteiger partial charge in [0.2, 0.25) is 9.05 Å². The van der Waals surface area contributed by atoms with E-state index in [1.54, 1.807) is 0 Å². The van der Waals surface area contributed by atoms with Crippen LogP contribution in [-0.4, -0.2) is 26.4 Å². The minimum Gasteiger partial charge on any atom is -0.381 e. The molecule has 1 aliphatic carbocycles. The summed E-state index contributed by atoms with van der Waals surface area (Å²) in [6.07, 6.45) is 4.20. The first-order valence-corrected chi connectivity index (χ1v) is 7.36. The predicted molar refractivity (Wildman–Crippen MR) is 54.9 cm³/mol. The maximum atomic E-state index is 11.3. The van der Waals surface area contributed by atoms with Gasteiger partial charge < -0.3 is 4.74 Å². The topological polar surface area (TPSA) is 43.4 Å². The highest BCUT2D eigenvalue weighted by Gasteiger charge is 2.53. The van der Waals surface area contributed by atoms with Crippen LogP contribution in [0.4, 0.5) is 0 Å². The summed E-state index contributed by atoms with van der Waals surface area (Å²) in [5.41, 5.74) is 0. The first-order valence-electron chi connectivity index (χ1n) is 5.05. The number of rotatable bonds is 4. The Hall–Kier alpha value is 0.200.